The Morgan fingerprint density at radius 2 is 2.14 bits per heavy atom. The number of furan rings is 1. The minimum atomic E-state index is -0.152. The second kappa shape index (κ2) is 6.41. The molecule has 0 aliphatic carbocycles. The summed E-state index contributed by atoms with van der Waals surface area (Å²) in [7, 11) is 0. The van der Waals surface area contributed by atoms with Crippen LogP contribution < -0.4 is 10.2 Å². The Hall–Kier alpha value is -2.34. The van der Waals surface area contributed by atoms with Crippen LogP contribution in [0.15, 0.2) is 41.3 Å². The van der Waals surface area contributed by atoms with Crippen molar-refractivity contribution in [1.29, 1.82) is 0 Å². The van der Waals surface area contributed by atoms with Crippen molar-refractivity contribution < 1.29 is 13.9 Å². The van der Waals surface area contributed by atoms with Gasteiger partial charge < -0.3 is 19.4 Å². The van der Waals surface area contributed by atoms with E-state index < -0.39 is 0 Å². The number of anilines is 1. The van der Waals surface area contributed by atoms with Crippen LogP contribution in [0.4, 0.5) is 5.82 Å². The van der Waals surface area contributed by atoms with Crippen LogP contribution in [0, 0.1) is 0 Å². The van der Waals surface area contributed by atoms with E-state index in [1.54, 1.807) is 12.3 Å². The van der Waals surface area contributed by atoms with Crippen LogP contribution in [0.2, 0.25) is 0 Å². The molecular weight excluding hydrogens is 270 g/mol. The lowest BCUT2D eigenvalue weighted by Gasteiger charge is -2.27. The van der Waals surface area contributed by atoms with E-state index >= 15 is 0 Å². The number of nitrogens with zero attached hydrogens (tertiary/aromatic N) is 2. The highest BCUT2D eigenvalue weighted by Gasteiger charge is 2.12. The lowest BCUT2D eigenvalue weighted by Crippen LogP contribution is -2.36. The van der Waals surface area contributed by atoms with Crippen LogP contribution >= 0.6 is 0 Å². The molecule has 3 rings (SSSR count). The number of carbonyl (C=O) groups is 1. The third-order valence-corrected chi connectivity index (χ3v) is 3.38. The van der Waals surface area contributed by atoms with E-state index in [0.717, 1.165) is 37.7 Å². The van der Waals surface area contributed by atoms with Crippen molar-refractivity contribution in [1.82, 2.24) is 10.3 Å². The van der Waals surface area contributed by atoms with Gasteiger partial charge in [-0.25, -0.2) is 4.98 Å². The van der Waals surface area contributed by atoms with Crippen molar-refractivity contribution >= 4 is 11.7 Å². The molecule has 1 amide bonds. The number of nitrogens with one attached hydrogen (secondary N) is 1. The molecule has 0 unspecified atom stereocenters. The molecule has 6 nitrogen and oxygen atoms in total. The summed E-state index contributed by atoms with van der Waals surface area (Å²) in [6.07, 6.45) is 4.70. The Labute approximate surface area is 122 Å². The molecule has 2 aromatic heterocycles. The predicted molar refractivity (Wildman–Crippen MR) is 77.1 cm³/mol. The normalized spacial score (nSPS) is 15.0. The summed E-state index contributed by atoms with van der Waals surface area (Å²) in [5.74, 6) is 0.796. The van der Waals surface area contributed by atoms with Gasteiger partial charge >= 0.3 is 0 Å². The Morgan fingerprint density at radius 3 is 2.81 bits per heavy atom. The maximum absolute atomic E-state index is 11.8. The molecular formula is C15H17N3O3. The number of pyridine rings is 1. The average molecular weight is 287 g/mol. The highest BCUT2D eigenvalue weighted by atomic mass is 16.5. The van der Waals surface area contributed by atoms with Gasteiger partial charge in [0, 0.05) is 25.8 Å². The van der Waals surface area contributed by atoms with Crippen LogP contribution in [0.25, 0.3) is 0 Å². The zero-order valence-electron chi connectivity index (χ0n) is 11.6. The smallest absolute Gasteiger partial charge is 0.254 e. The number of carbonyl (C=O) groups excluding carboxylic acids is 1. The molecule has 6 heteroatoms. The third kappa shape index (κ3) is 3.41. The van der Waals surface area contributed by atoms with Crippen molar-refractivity contribution in [3.8, 4) is 0 Å². The molecule has 0 bridgehead atoms. The van der Waals surface area contributed by atoms with Crippen LogP contribution in [0.5, 0.6) is 0 Å². The quantitative estimate of drug-likeness (QED) is 0.921. The molecule has 0 radical (unpaired) electrons. The topological polar surface area (TPSA) is 67.6 Å². The Kier molecular flexibility index (Phi) is 4.16. The molecule has 110 valence electrons. The molecule has 21 heavy (non-hydrogen) atoms. The van der Waals surface area contributed by atoms with Gasteiger partial charge in [0.05, 0.1) is 25.0 Å². The first-order valence-electron chi connectivity index (χ1n) is 6.91. The highest BCUT2D eigenvalue weighted by molar-refractivity contribution is 5.93. The zero-order valence-corrected chi connectivity index (χ0v) is 11.6. The molecule has 1 aliphatic heterocycles. The second-order valence-corrected chi connectivity index (χ2v) is 4.82. The summed E-state index contributed by atoms with van der Waals surface area (Å²) in [5, 5.41) is 2.83. The van der Waals surface area contributed by atoms with E-state index in [-0.39, 0.29) is 5.91 Å². The van der Waals surface area contributed by atoms with Gasteiger partial charge in [-0.15, -0.1) is 0 Å². The molecule has 1 fully saturated rings. The minimum absolute atomic E-state index is 0.152. The van der Waals surface area contributed by atoms with Crippen molar-refractivity contribution in [3.05, 3.63) is 48.0 Å². The number of hydrogen-bond donors (Lipinski definition) is 1. The number of amides is 1. The fourth-order valence-electron chi connectivity index (χ4n) is 2.18. The first kappa shape index (κ1) is 13.6. The zero-order chi connectivity index (χ0) is 14.5. The average Bonchev–Trinajstić information content (AvgIpc) is 3.08. The SMILES string of the molecule is O=C(NCc1ccc(N2CCOCC2)nc1)c1ccoc1. The van der Waals surface area contributed by atoms with Crippen molar-refractivity contribution in [2.45, 2.75) is 6.54 Å². The first-order chi connectivity index (χ1) is 10.3. The van der Waals surface area contributed by atoms with Gasteiger partial charge in [-0.2, -0.15) is 0 Å². The summed E-state index contributed by atoms with van der Waals surface area (Å²) in [6.45, 7) is 3.65. The van der Waals surface area contributed by atoms with E-state index in [2.05, 4.69) is 15.2 Å². The van der Waals surface area contributed by atoms with Crippen LogP contribution in [0.1, 0.15) is 15.9 Å². The molecule has 0 spiro atoms. The van der Waals surface area contributed by atoms with E-state index in [4.69, 9.17) is 9.15 Å². The standard InChI is InChI=1S/C15H17N3O3/c19-15(13-3-6-21-11-13)17-10-12-1-2-14(16-9-12)18-4-7-20-8-5-18/h1-3,6,9,11H,4-5,7-8,10H2,(H,17,19). The number of aromatic nitrogens is 1. The van der Waals surface area contributed by atoms with E-state index in [1.807, 2.05) is 12.1 Å². The lowest BCUT2D eigenvalue weighted by molar-refractivity contribution is 0.0950. The first-order valence-corrected chi connectivity index (χ1v) is 6.91. The lowest BCUT2D eigenvalue weighted by atomic mass is 10.2. The molecule has 2 aromatic rings. The molecule has 0 atom stereocenters. The molecule has 1 N–H and O–H groups in total. The van der Waals surface area contributed by atoms with Crippen LogP contribution in [0.3, 0.4) is 0 Å². The van der Waals surface area contributed by atoms with Gasteiger partial charge in [-0.05, 0) is 17.7 Å². The summed E-state index contributed by atoms with van der Waals surface area (Å²) >= 11 is 0. The Balaban J connectivity index is 1.55. The largest absolute Gasteiger partial charge is 0.472 e. The summed E-state index contributed by atoms with van der Waals surface area (Å²) in [5.41, 5.74) is 1.48. The van der Waals surface area contributed by atoms with Gasteiger partial charge in [0.25, 0.3) is 5.91 Å². The third-order valence-electron chi connectivity index (χ3n) is 3.38. The fraction of sp³-hybridized carbons (Fsp3) is 0.333. The number of hydrogen-bond acceptors (Lipinski definition) is 5. The molecule has 0 aromatic carbocycles. The van der Waals surface area contributed by atoms with Crippen LogP contribution in [-0.4, -0.2) is 37.2 Å². The van der Waals surface area contributed by atoms with E-state index in [9.17, 15) is 4.79 Å². The monoisotopic (exact) mass is 287 g/mol. The maximum atomic E-state index is 11.8. The molecule has 3 heterocycles. The summed E-state index contributed by atoms with van der Waals surface area (Å²) < 4.78 is 10.2. The van der Waals surface area contributed by atoms with Gasteiger partial charge in [0.15, 0.2) is 0 Å². The van der Waals surface area contributed by atoms with Gasteiger partial charge in [0.2, 0.25) is 0 Å². The second-order valence-electron chi connectivity index (χ2n) is 4.82. The van der Waals surface area contributed by atoms with E-state index in [0.29, 0.717) is 12.1 Å². The molecule has 1 saturated heterocycles. The van der Waals surface area contributed by atoms with Crippen LogP contribution in [-0.2, 0) is 11.3 Å². The predicted octanol–water partition coefficient (Wildman–Crippen LogP) is 1.44. The summed E-state index contributed by atoms with van der Waals surface area (Å²) in [6, 6.07) is 5.59. The minimum Gasteiger partial charge on any atom is -0.472 e. The highest BCUT2D eigenvalue weighted by Crippen LogP contribution is 2.13. The number of rotatable bonds is 4. The van der Waals surface area contributed by atoms with Crippen molar-refractivity contribution in [2.24, 2.45) is 0 Å². The van der Waals surface area contributed by atoms with Gasteiger partial charge in [-0.3, -0.25) is 4.79 Å². The molecule has 0 saturated carbocycles. The van der Waals surface area contributed by atoms with Crippen molar-refractivity contribution in [2.75, 3.05) is 31.2 Å². The summed E-state index contributed by atoms with van der Waals surface area (Å²) in [4.78, 5) is 18.4. The Morgan fingerprint density at radius 1 is 1.29 bits per heavy atom. The molecule has 1 aliphatic rings. The fourth-order valence-corrected chi connectivity index (χ4v) is 2.18. The van der Waals surface area contributed by atoms with E-state index in [1.165, 1.54) is 12.5 Å². The van der Waals surface area contributed by atoms with Gasteiger partial charge in [0.1, 0.15) is 12.1 Å². The Bertz CT molecular complexity index is 575. The number of morpholine rings is 1. The van der Waals surface area contributed by atoms with Gasteiger partial charge in [-0.1, -0.05) is 6.07 Å². The van der Waals surface area contributed by atoms with Crippen molar-refractivity contribution in [3.63, 3.8) is 0 Å². The maximum Gasteiger partial charge on any atom is 0.254 e. The number of ether oxygens (including phenoxy) is 1.